The van der Waals surface area contributed by atoms with Gasteiger partial charge in [-0.15, -0.1) is 16.7 Å². The molecule has 1 N–H and O–H groups in total. The maximum absolute atomic E-state index is 12.8. The molecule has 4 aromatic rings. The number of alkyl halides is 1. The number of halogens is 1. The number of fused-ring (bicyclic) bond motifs is 1. The molecular weight excluding hydrogens is 426 g/mol. The van der Waals surface area contributed by atoms with Gasteiger partial charge in [0.2, 0.25) is 4.77 Å². The molecule has 1 saturated heterocycles. The monoisotopic (exact) mass is 441 g/mol. The molecule has 1 aliphatic rings. The van der Waals surface area contributed by atoms with Gasteiger partial charge in [-0.1, -0.05) is 35.5 Å². The number of H-pyrrole nitrogens is 1. The third-order valence-electron chi connectivity index (χ3n) is 5.10. The highest BCUT2D eigenvalue weighted by Crippen LogP contribution is 2.41. The molecule has 0 aliphatic carbocycles. The molecule has 2 aromatic heterocycles. The number of methoxy groups -OCH3 is 1. The third-order valence-corrected chi connectivity index (χ3v) is 5.79. The molecule has 2 aromatic carbocycles. The van der Waals surface area contributed by atoms with Crippen molar-refractivity contribution in [3.63, 3.8) is 0 Å². The van der Waals surface area contributed by atoms with E-state index in [0.717, 1.165) is 16.6 Å². The van der Waals surface area contributed by atoms with Gasteiger partial charge in [0.15, 0.2) is 5.82 Å². The van der Waals surface area contributed by atoms with Gasteiger partial charge >= 0.3 is 0 Å². The highest BCUT2D eigenvalue weighted by molar-refractivity contribution is 7.71. The molecule has 2 atom stereocenters. The summed E-state index contributed by atoms with van der Waals surface area (Å²) < 4.78 is 9.03. The number of nitrogens with one attached hydrogen (secondary N) is 1. The summed E-state index contributed by atoms with van der Waals surface area (Å²) in [5.74, 6) is 0.881. The molecule has 3 heterocycles. The Morgan fingerprint density at radius 1 is 1.20 bits per heavy atom. The lowest BCUT2D eigenvalue weighted by Gasteiger charge is -2.44. The molecule has 0 bridgehead atoms. The molecular formula is C19H16ClN7O2S. The van der Waals surface area contributed by atoms with Crippen LogP contribution in [0.25, 0.3) is 11.0 Å². The first-order valence-electron chi connectivity index (χ1n) is 9.15. The molecule has 1 fully saturated rings. The number of hydrogen-bond donors (Lipinski definition) is 1. The van der Waals surface area contributed by atoms with E-state index in [1.165, 1.54) is 5.01 Å². The lowest BCUT2D eigenvalue weighted by Crippen LogP contribution is -2.62. The molecule has 5 rings (SSSR count). The van der Waals surface area contributed by atoms with Crippen LogP contribution in [0.5, 0.6) is 5.75 Å². The van der Waals surface area contributed by atoms with E-state index in [1.807, 2.05) is 48.5 Å². The van der Waals surface area contributed by atoms with Crippen molar-refractivity contribution in [1.29, 1.82) is 0 Å². The van der Waals surface area contributed by atoms with Gasteiger partial charge in [-0.25, -0.2) is 14.4 Å². The Hall–Kier alpha value is -3.24. The van der Waals surface area contributed by atoms with Crippen molar-refractivity contribution in [3.8, 4) is 5.75 Å². The molecule has 0 spiro atoms. The molecule has 1 aliphatic heterocycles. The van der Waals surface area contributed by atoms with Gasteiger partial charge in [-0.2, -0.15) is 5.10 Å². The average Bonchev–Trinajstić information content (AvgIpc) is 3.35. The van der Waals surface area contributed by atoms with Crippen LogP contribution in [0.15, 0.2) is 48.5 Å². The lowest BCUT2D eigenvalue weighted by molar-refractivity contribution is -0.126. The Kier molecular flexibility index (Phi) is 4.52. The predicted octanol–water partition coefficient (Wildman–Crippen LogP) is 2.57. The van der Waals surface area contributed by atoms with Crippen LogP contribution in [0, 0.1) is 4.77 Å². The van der Waals surface area contributed by atoms with Crippen LogP contribution in [-0.4, -0.2) is 48.3 Å². The zero-order valence-corrected chi connectivity index (χ0v) is 17.3. The molecule has 0 saturated carbocycles. The second kappa shape index (κ2) is 7.22. The van der Waals surface area contributed by atoms with Gasteiger partial charge in [-0.05, 0) is 30.4 Å². The molecule has 0 radical (unpaired) electrons. The fraction of sp³-hybridized carbons (Fsp3) is 0.211. The van der Waals surface area contributed by atoms with Crippen molar-refractivity contribution >= 4 is 40.8 Å². The number of aromatic amines is 1. The fourth-order valence-corrected chi connectivity index (χ4v) is 4.26. The van der Waals surface area contributed by atoms with E-state index in [-0.39, 0.29) is 17.2 Å². The molecule has 9 nitrogen and oxygen atoms in total. The number of rotatable bonds is 5. The number of aromatic nitrogens is 6. The standard InChI is InChI=1S/C19H16ClN7O2S/c1-29-14-9-5-2-6-11(14)17-16(20)18(28)27(17)26-15(22-23-19(26)30)10-25-13-8-4-3-7-12(13)21-24-25/h2-9,16-17H,10H2,1H3,(H,23,30). The zero-order valence-electron chi connectivity index (χ0n) is 15.8. The number of nitrogens with zero attached hydrogens (tertiary/aromatic N) is 6. The third kappa shape index (κ3) is 2.79. The zero-order chi connectivity index (χ0) is 20.8. The number of carbonyl (C=O) groups is 1. The van der Waals surface area contributed by atoms with Gasteiger partial charge in [0.05, 0.1) is 12.6 Å². The van der Waals surface area contributed by atoms with Gasteiger partial charge in [0.1, 0.15) is 29.2 Å². The lowest BCUT2D eigenvalue weighted by atomic mass is 9.94. The van der Waals surface area contributed by atoms with Gasteiger partial charge in [-0.3, -0.25) is 9.89 Å². The smallest absolute Gasteiger partial charge is 0.262 e. The number of para-hydroxylation sites is 2. The van der Waals surface area contributed by atoms with E-state index in [9.17, 15) is 4.79 Å². The quantitative estimate of drug-likeness (QED) is 0.290. The first-order valence-corrected chi connectivity index (χ1v) is 9.99. The SMILES string of the molecule is COc1ccccc1C1C(Cl)C(=O)N1n1c(Cn2nnc3ccccc32)n[nH]c1=S. The largest absolute Gasteiger partial charge is 0.496 e. The van der Waals surface area contributed by atoms with E-state index in [1.54, 1.807) is 16.5 Å². The van der Waals surface area contributed by atoms with Gasteiger partial charge in [0.25, 0.3) is 5.91 Å². The van der Waals surface area contributed by atoms with E-state index in [4.69, 9.17) is 28.6 Å². The van der Waals surface area contributed by atoms with E-state index in [2.05, 4.69) is 20.5 Å². The van der Waals surface area contributed by atoms with Crippen LogP contribution in [0.3, 0.4) is 0 Å². The van der Waals surface area contributed by atoms with E-state index >= 15 is 0 Å². The number of β-lactam (4-membered cyclic amide) rings is 1. The van der Waals surface area contributed by atoms with Crippen LogP contribution in [0.4, 0.5) is 0 Å². The Labute approximate surface area is 180 Å². The molecule has 30 heavy (non-hydrogen) atoms. The van der Waals surface area contributed by atoms with Crippen molar-refractivity contribution in [2.24, 2.45) is 0 Å². The number of benzene rings is 2. The first-order chi connectivity index (χ1) is 14.6. The number of amides is 1. The maximum atomic E-state index is 12.8. The topological polar surface area (TPSA) is 93.9 Å². The summed E-state index contributed by atoms with van der Waals surface area (Å²) in [4.78, 5) is 12.8. The van der Waals surface area contributed by atoms with E-state index in [0.29, 0.717) is 11.6 Å². The highest BCUT2D eigenvalue weighted by atomic mass is 35.5. The number of hydrogen-bond acceptors (Lipinski definition) is 6. The summed E-state index contributed by atoms with van der Waals surface area (Å²) in [6.45, 7) is 0.267. The van der Waals surface area contributed by atoms with Crippen molar-refractivity contribution in [2.45, 2.75) is 18.0 Å². The number of carbonyl (C=O) groups excluding carboxylic acids is 1. The number of ether oxygens (including phenoxy) is 1. The molecule has 11 heteroatoms. The van der Waals surface area contributed by atoms with Crippen LogP contribution >= 0.6 is 23.8 Å². The minimum Gasteiger partial charge on any atom is -0.496 e. The van der Waals surface area contributed by atoms with Crippen molar-refractivity contribution in [3.05, 3.63) is 64.7 Å². The summed E-state index contributed by atoms with van der Waals surface area (Å²) in [6.07, 6.45) is 0. The average molecular weight is 442 g/mol. The summed E-state index contributed by atoms with van der Waals surface area (Å²) in [7, 11) is 1.58. The fourth-order valence-electron chi connectivity index (χ4n) is 3.68. The van der Waals surface area contributed by atoms with Crippen LogP contribution in [-0.2, 0) is 11.3 Å². The summed E-state index contributed by atoms with van der Waals surface area (Å²) in [6, 6.07) is 14.6. The van der Waals surface area contributed by atoms with Crippen molar-refractivity contribution in [1.82, 2.24) is 29.9 Å². The summed E-state index contributed by atoms with van der Waals surface area (Å²) in [5.41, 5.74) is 2.41. The maximum Gasteiger partial charge on any atom is 0.262 e. The second-order valence-electron chi connectivity index (χ2n) is 6.76. The molecule has 152 valence electrons. The Balaban J connectivity index is 1.56. The van der Waals surface area contributed by atoms with Crippen molar-refractivity contribution < 1.29 is 9.53 Å². The van der Waals surface area contributed by atoms with E-state index < -0.39 is 11.4 Å². The van der Waals surface area contributed by atoms with Gasteiger partial charge < -0.3 is 4.74 Å². The van der Waals surface area contributed by atoms with Gasteiger partial charge in [0, 0.05) is 5.56 Å². The Bertz CT molecular complexity index is 1310. The summed E-state index contributed by atoms with van der Waals surface area (Å²) >= 11 is 11.8. The minimum absolute atomic E-state index is 0.267. The first kappa shape index (κ1) is 18.8. The minimum atomic E-state index is -0.738. The summed E-state index contributed by atoms with van der Waals surface area (Å²) in [5, 5.41) is 16.2. The highest BCUT2D eigenvalue weighted by Gasteiger charge is 2.50. The van der Waals surface area contributed by atoms with Crippen LogP contribution < -0.4 is 9.75 Å². The predicted molar refractivity (Wildman–Crippen MR) is 113 cm³/mol. The molecule has 2 unspecified atom stereocenters. The Morgan fingerprint density at radius 2 is 1.97 bits per heavy atom. The normalized spacial score (nSPS) is 18.6. The molecule has 1 amide bonds. The van der Waals surface area contributed by atoms with Crippen molar-refractivity contribution in [2.75, 3.05) is 12.1 Å². The van der Waals surface area contributed by atoms with Crippen LogP contribution in [0.2, 0.25) is 0 Å². The Morgan fingerprint density at radius 3 is 2.80 bits per heavy atom. The van der Waals surface area contributed by atoms with Crippen LogP contribution in [0.1, 0.15) is 17.4 Å². The second-order valence-corrected chi connectivity index (χ2v) is 7.62.